The highest BCUT2D eigenvalue weighted by Crippen LogP contribution is 2.33. The Labute approximate surface area is 246 Å². The number of benzene rings is 3. The number of ether oxygens (including phenoxy) is 1. The Kier molecular flexibility index (Phi) is 11.5. The SMILES string of the molecule is CCCCNC(=O)[C@@H](Cc1ccccc1)N(Cc1ccccc1F)C(=O)CN(c1cc(Cl)ccc1OC)S(C)(=O)=O. The molecule has 0 saturated carbocycles. The number of nitrogens with one attached hydrogen (secondary N) is 1. The number of hydrogen-bond donors (Lipinski definition) is 1. The summed E-state index contributed by atoms with van der Waals surface area (Å²) in [6, 6.07) is 18.5. The molecule has 0 bridgehead atoms. The Balaban J connectivity index is 2.09. The van der Waals surface area contributed by atoms with Crippen LogP contribution in [0, 0.1) is 5.82 Å². The predicted octanol–water partition coefficient (Wildman–Crippen LogP) is 4.81. The average Bonchev–Trinajstić information content (AvgIpc) is 2.94. The van der Waals surface area contributed by atoms with E-state index in [9.17, 15) is 22.4 Å². The summed E-state index contributed by atoms with van der Waals surface area (Å²) in [6.45, 7) is 1.47. The summed E-state index contributed by atoms with van der Waals surface area (Å²) in [5, 5.41) is 3.12. The third-order valence-corrected chi connectivity index (χ3v) is 7.85. The summed E-state index contributed by atoms with van der Waals surface area (Å²) < 4.78 is 47.0. The molecule has 8 nitrogen and oxygen atoms in total. The molecule has 0 radical (unpaired) electrons. The Bertz CT molecular complexity index is 1440. The normalized spacial score (nSPS) is 11.9. The minimum Gasteiger partial charge on any atom is -0.495 e. The van der Waals surface area contributed by atoms with Crippen LogP contribution in [0.5, 0.6) is 5.75 Å². The summed E-state index contributed by atoms with van der Waals surface area (Å²) in [4.78, 5) is 28.9. The minimum absolute atomic E-state index is 0.0636. The van der Waals surface area contributed by atoms with Gasteiger partial charge in [0.1, 0.15) is 24.2 Å². The van der Waals surface area contributed by atoms with Gasteiger partial charge in [-0.05, 0) is 36.2 Å². The lowest BCUT2D eigenvalue weighted by Crippen LogP contribution is -2.53. The molecule has 1 atom stereocenters. The average molecular weight is 604 g/mol. The molecule has 0 aliphatic heterocycles. The van der Waals surface area contributed by atoms with E-state index in [1.165, 1.54) is 48.4 Å². The third-order valence-electron chi connectivity index (χ3n) is 6.49. The zero-order valence-electron chi connectivity index (χ0n) is 23.3. The van der Waals surface area contributed by atoms with E-state index < -0.39 is 40.2 Å². The first-order valence-electron chi connectivity index (χ1n) is 13.2. The molecule has 11 heteroatoms. The van der Waals surface area contributed by atoms with Gasteiger partial charge >= 0.3 is 0 Å². The highest BCUT2D eigenvalue weighted by molar-refractivity contribution is 7.92. The van der Waals surface area contributed by atoms with Crippen molar-refractivity contribution in [3.63, 3.8) is 0 Å². The van der Waals surface area contributed by atoms with E-state index in [1.54, 1.807) is 6.07 Å². The van der Waals surface area contributed by atoms with Gasteiger partial charge in [0.2, 0.25) is 21.8 Å². The van der Waals surface area contributed by atoms with Gasteiger partial charge < -0.3 is 15.0 Å². The summed E-state index contributed by atoms with van der Waals surface area (Å²) in [5.41, 5.74) is 1.03. The van der Waals surface area contributed by atoms with Crippen molar-refractivity contribution in [3.05, 3.63) is 94.8 Å². The van der Waals surface area contributed by atoms with Gasteiger partial charge in [-0.3, -0.25) is 13.9 Å². The largest absolute Gasteiger partial charge is 0.495 e. The van der Waals surface area contributed by atoms with Crippen LogP contribution in [0.4, 0.5) is 10.1 Å². The number of sulfonamides is 1. The number of amides is 2. The summed E-state index contributed by atoms with van der Waals surface area (Å²) >= 11 is 6.17. The quantitative estimate of drug-likeness (QED) is 0.267. The van der Waals surface area contributed by atoms with Crippen molar-refractivity contribution in [2.24, 2.45) is 0 Å². The van der Waals surface area contributed by atoms with Gasteiger partial charge in [-0.25, -0.2) is 12.8 Å². The van der Waals surface area contributed by atoms with Crippen molar-refractivity contribution in [1.82, 2.24) is 10.2 Å². The number of halogens is 2. The third kappa shape index (κ3) is 8.93. The van der Waals surface area contributed by atoms with Gasteiger partial charge in [0, 0.05) is 30.1 Å². The molecular formula is C30H35ClFN3O5S. The topological polar surface area (TPSA) is 96.0 Å². The molecule has 0 aliphatic rings. The van der Waals surface area contributed by atoms with Crippen LogP contribution in [0.25, 0.3) is 0 Å². The van der Waals surface area contributed by atoms with Crippen molar-refractivity contribution in [2.45, 2.75) is 38.8 Å². The number of hydrogen-bond acceptors (Lipinski definition) is 5. The van der Waals surface area contributed by atoms with Crippen molar-refractivity contribution in [2.75, 3.05) is 30.8 Å². The highest BCUT2D eigenvalue weighted by Gasteiger charge is 2.34. The first-order chi connectivity index (χ1) is 19.5. The van der Waals surface area contributed by atoms with Gasteiger partial charge in [-0.15, -0.1) is 0 Å². The van der Waals surface area contributed by atoms with Gasteiger partial charge in [0.05, 0.1) is 19.1 Å². The van der Waals surface area contributed by atoms with Crippen molar-refractivity contribution >= 4 is 39.1 Å². The molecular weight excluding hydrogens is 569 g/mol. The summed E-state index contributed by atoms with van der Waals surface area (Å²) in [6.07, 6.45) is 2.69. The maximum atomic E-state index is 14.8. The molecule has 0 spiro atoms. The lowest BCUT2D eigenvalue weighted by Gasteiger charge is -2.33. The molecule has 3 aromatic rings. The van der Waals surface area contributed by atoms with Crippen LogP contribution in [-0.2, 0) is 32.6 Å². The maximum Gasteiger partial charge on any atom is 0.244 e. The predicted molar refractivity (Wildman–Crippen MR) is 159 cm³/mol. The molecule has 0 aromatic heterocycles. The number of unbranched alkanes of at least 4 members (excludes halogenated alkanes) is 1. The molecule has 3 aromatic carbocycles. The first-order valence-corrected chi connectivity index (χ1v) is 15.4. The van der Waals surface area contributed by atoms with Crippen LogP contribution in [0.15, 0.2) is 72.8 Å². The molecule has 41 heavy (non-hydrogen) atoms. The van der Waals surface area contributed by atoms with Crippen LogP contribution < -0.4 is 14.4 Å². The lowest BCUT2D eigenvalue weighted by molar-refractivity contribution is -0.140. The molecule has 0 aliphatic carbocycles. The smallest absolute Gasteiger partial charge is 0.244 e. The number of carbonyl (C=O) groups is 2. The van der Waals surface area contributed by atoms with Crippen LogP contribution in [0.2, 0.25) is 5.02 Å². The Morgan fingerprint density at radius 2 is 1.73 bits per heavy atom. The fourth-order valence-corrected chi connectivity index (χ4v) is 5.33. The van der Waals surface area contributed by atoms with E-state index in [0.29, 0.717) is 6.54 Å². The van der Waals surface area contributed by atoms with Gasteiger partial charge in [-0.1, -0.05) is 73.5 Å². The minimum atomic E-state index is -4.03. The Morgan fingerprint density at radius 3 is 2.37 bits per heavy atom. The monoisotopic (exact) mass is 603 g/mol. The summed E-state index contributed by atoms with van der Waals surface area (Å²) in [7, 11) is -2.66. The lowest BCUT2D eigenvalue weighted by atomic mass is 10.0. The van der Waals surface area contributed by atoms with E-state index >= 15 is 0 Å². The zero-order valence-corrected chi connectivity index (χ0v) is 24.9. The Hall–Kier alpha value is -3.63. The van der Waals surface area contributed by atoms with E-state index in [-0.39, 0.29) is 35.0 Å². The van der Waals surface area contributed by atoms with Crippen molar-refractivity contribution in [1.29, 1.82) is 0 Å². The van der Waals surface area contributed by atoms with Crippen LogP contribution in [-0.4, -0.2) is 57.6 Å². The second-order valence-electron chi connectivity index (χ2n) is 9.55. The molecule has 0 saturated heterocycles. The van der Waals surface area contributed by atoms with E-state index in [4.69, 9.17) is 16.3 Å². The standard InChI is InChI=1S/C30H35ClFN3O5S/c1-4-5-17-33-30(37)27(18-22-11-7-6-8-12-22)34(20-23-13-9-10-14-25(23)32)29(36)21-35(41(3,38)39)26-19-24(31)15-16-28(26)40-2/h6-16,19,27H,4-5,17-18,20-21H2,1-3H3,(H,33,37)/t27-/m1/s1. The fourth-order valence-electron chi connectivity index (χ4n) is 4.32. The van der Waals surface area contributed by atoms with Gasteiger partial charge in [0.25, 0.3) is 0 Å². The summed E-state index contributed by atoms with van der Waals surface area (Å²) in [5.74, 6) is -1.48. The van der Waals surface area contributed by atoms with Crippen molar-refractivity contribution in [3.8, 4) is 5.75 Å². The zero-order chi connectivity index (χ0) is 30.0. The van der Waals surface area contributed by atoms with Gasteiger partial charge in [-0.2, -0.15) is 0 Å². The number of anilines is 1. The molecule has 1 N–H and O–H groups in total. The Morgan fingerprint density at radius 1 is 1.05 bits per heavy atom. The fraction of sp³-hybridized carbons (Fsp3) is 0.333. The van der Waals surface area contributed by atoms with Crippen LogP contribution in [0.3, 0.4) is 0 Å². The number of methoxy groups -OCH3 is 1. The number of nitrogens with zero attached hydrogens (tertiary/aromatic N) is 2. The van der Waals surface area contributed by atoms with Crippen molar-refractivity contribution < 1.29 is 27.1 Å². The van der Waals surface area contributed by atoms with Crippen LogP contribution in [0.1, 0.15) is 30.9 Å². The second kappa shape index (κ2) is 14.8. The molecule has 0 heterocycles. The number of carbonyl (C=O) groups excluding carboxylic acids is 2. The van der Waals surface area contributed by atoms with E-state index in [0.717, 1.165) is 29.0 Å². The van der Waals surface area contributed by atoms with Gasteiger partial charge in [0.15, 0.2) is 0 Å². The molecule has 220 valence electrons. The molecule has 0 unspecified atom stereocenters. The first kappa shape index (κ1) is 31.9. The molecule has 0 fully saturated rings. The van der Waals surface area contributed by atoms with E-state index in [1.807, 2.05) is 37.3 Å². The van der Waals surface area contributed by atoms with Crippen LogP contribution >= 0.6 is 11.6 Å². The second-order valence-corrected chi connectivity index (χ2v) is 11.9. The molecule has 3 rings (SSSR count). The highest BCUT2D eigenvalue weighted by atomic mass is 35.5. The molecule has 2 amide bonds. The van der Waals surface area contributed by atoms with E-state index in [2.05, 4.69) is 5.32 Å². The number of rotatable bonds is 14. The maximum absolute atomic E-state index is 14.8.